The van der Waals surface area contributed by atoms with Gasteiger partial charge >= 0.3 is 5.97 Å². The third-order valence-electron chi connectivity index (χ3n) is 3.70. The van der Waals surface area contributed by atoms with Gasteiger partial charge in [0.15, 0.2) is 0 Å². The number of aromatic nitrogens is 2. The quantitative estimate of drug-likeness (QED) is 0.703. The van der Waals surface area contributed by atoms with Gasteiger partial charge in [0.2, 0.25) is 0 Å². The molecule has 0 spiro atoms. The molecule has 0 bridgehead atoms. The lowest BCUT2D eigenvalue weighted by molar-refractivity contribution is -0.137. The zero-order chi connectivity index (χ0) is 16.4. The minimum absolute atomic E-state index is 0.0272. The van der Waals surface area contributed by atoms with Gasteiger partial charge in [-0.25, -0.2) is 4.98 Å². The Bertz CT molecular complexity index is 843. The van der Waals surface area contributed by atoms with Gasteiger partial charge in [-0.15, -0.1) is 0 Å². The first-order chi connectivity index (χ1) is 11.0. The number of carboxylic acid groups (broad SMARTS) is 1. The number of hydrogen-bond acceptors (Lipinski definition) is 2. The van der Waals surface area contributed by atoms with Crippen molar-refractivity contribution < 1.29 is 9.90 Å². The minimum atomic E-state index is -0.843. The van der Waals surface area contributed by atoms with Crippen LogP contribution in [0.15, 0.2) is 42.5 Å². The summed E-state index contributed by atoms with van der Waals surface area (Å²) in [6, 6.07) is 12.7. The summed E-state index contributed by atoms with van der Waals surface area (Å²) in [6.07, 6.45) is 0.527. The molecule has 0 saturated heterocycles. The molecule has 2 aromatic carbocycles. The Labute approximate surface area is 143 Å². The van der Waals surface area contributed by atoms with Crippen molar-refractivity contribution in [2.24, 2.45) is 0 Å². The number of carbonyl (C=O) groups is 1. The Kier molecular flexibility index (Phi) is 4.55. The lowest BCUT2D eigenvalue weighted by atomic mass is 9.92. The summed E-state index contributed by atoms with van der Waals surface area (Å²) in [7, 11) is 0. The fourth-order valence-electron chi connectivity index (χ4n) is 2.62. The molecule has 0 unspecified atom stereocenters. The van der Waals surface area contributed by atoms with Gasteiger partial charge in [-0.1, -0.05) is 35.3 Å². The number of benzene rings is 2. The van der Waals surface area contributed by atoms with Gasteiger partial charge in [-0.3, -0.25) is 4.79 Å². The third-order valence-corrected chi connectivity index (χ3v) is 4.18. The molecule has 6 heteroatoms. The number of aliphatic carboxylic acids is 1. The van der Waals surface area contributed by atoms with Crippen molar-refractivity contribution in [3.8, 4) is 0 Å². The molecule has 0 radical (unpaired) electrons. The Morgan fingerprint density at radius 1 is 1.13 bits per heavy atom. The van der Waals surface area contributed by atoms with E-state index in [-0.39, 0.29) is 12.3 Å². The molecule has 0 aliphatic carbocycles. The molecule has 0 aliphatic heterocycles. The SMILES string of the molecule is O=C(O)C[C@@H](Cc1nc2ccc(Cl)cc2[nH]1)c1ccc(Cl)cc1. The molecule has 23 heavy (non-hydrogen) atoms. The Morgan fingerprint density at radius 2 is 1.83 bits per heavy atom. The Morgan fingerprint density at radius 3 is 2.52 bits per heavy atom. The number of nitrogens with one attached hydrogen (secondary N) is 1. The fourth-order valence-corrected chi connectivity index (χ4v) is 2.92. The summed E-state index contributed by atoms with van der Waals surface area (Å²) in [5.41, 5.74) is 2.59. The van der Waals surface area contributed by atoms with E-state index in [2.05, 4.69) is 9.97 Å². The number of hydrogen-bond donors (Lipinski definition) is 2. The number of nitrogens with zero attached hydrogens (tertiary/aromatic N) is 1. The zero-order valence-corrected chi connectivity index (χ0v) is 13.6. The first-order valence-electron chi connectivity index (χ1n) is 7.12. The van der Waals surface area contributed by atoms with Crippen molar-refractivity contribution in [3.63, 3.8) is 0 Å². The summed E-state index contributed by atoms with van der Waals surface area (Å²) < 4.78 is 0. The molecule has 3 aromatic rings. The minimum Gasteiger partial charge on any atom is -0.481 e. The average molecular weight is 349 g/mol. The van der Waals surface area contributed by atoms with Crippen LogP contribution >= 0.6 is 23.2 Å². The van der Waals surface area contributed by atoms with Crippen molar-refractivity contribution in [2.45, 2.75) is 18.8 Å². The van der Waals surface area contributed by atoms with Crippen LogP contribution in [0.1, 0.15) is 23.7 Å². The highest BCUT2D eigenvalue weighted by Crippen LogP contribution is 2.26. The number of aromatic amines is 1. The van der Waals surface area contributed by atoms with Gasteiger partial charge < -0.3 is 10.1 Å². The second-order valence-corrected chi connectivity index (χ2v) is 6.27. The van der Waals surface area contributed by atoms with Gasteiger partial charge in [0.05, 0.1) is 17.5 Å². The highest BCUT2D eigenvalue weighted by Gasteiger charge is 2.18. The van der Waals surface area contributed by atoms with E-state index in [0.717, 1.165) is 22.4 Å². The summed E-state index contributed by atoms with van der Waals surface area (Å²) in [5, 5.41) is 10.4. The molecule has 2 N–H and O–H groups in total. The topological polar surface area (TPSA) is 66.0 Å². The molecule has 118 valence electrons. The van der Waals surface area contributed by atoms with Crippen molar-refractivity contribution in [3.05, 3.63) is 63.9 Å². The van der Waals surface area contributed by atoms with Crippen LogP contribution in [0.3, 0.4) is 0 Å². The molecular formula is C17H14Cl2N2O2. The standard InChI is InChI=1S/C17H14Cl2N2O2/c18-12-3-1-10(2-4-12)11(8-17(22)23)7-16-20-14-6-5-13(19)9-15(14)21-16/h1-6,9,11H,7-8H2,(H,20,21)(H,22,23)/t11-/m1/s1. The van der Waals surface area contributed by atoms with Crippen LogP contribution in [0.5, 0.6) is 0 Å². The van der Waals surface area contributed by atoms with Crippen molar-refractivity contribution in [1.82, 2.24) is 9.97 Å². The predicted octanol–water partition coefficient (Wildman–Crippen LogP) is 4.67. The van der Waals surface area contributed by atoms with Crippen LogP contribution in [0.25, 0.3) is 11.0 Å². The predicted molar refractivity (Wildman–Crippen MR) is 91.3 cm³/mol. The van der Waals surface area contributed by atoms with Gasteiger partial charge in [0.25, 0.3) is 0 Å². The van der Waals surface area contributed by atoms with E-state index in [4.69, 9.17) is 23.2 Å². The Balaban J connectivity index is 1.89. The van der Waals surface area contributed by atoms with Crippen LogP contribution in [-0.2, 0) is 11.2 Å². The van der Waals surface area contributed by atoms with Crippen LogP contribution in [0.4, 0.5) is 0 Å². The maximum absolute atomic E-state index is 11.2. The van der Waals surface area contributed by atoms with E-state index in [1.54, 1.807) is 18.2 Å². The van der Waals surface area contributed by atoms with E-state index in [0.29, 0.717) is 16.5 Å². The third kappa shape index (κ3) is 3.84. The molecule has 3 rings (SSSR count). The summed E-state index contributed by atoms with van der Waals surface area (Å²) in [4.78, 5) is 18.9. The van der Waals surface area contributed by atoms with Gasteiger partial charge in [0.1, 0.15) is 5.82 Å². The molecule has 4 nitrogen and oxygen atoms in total. The number of carboxylic acids is 1. The molecular weight excluding hydrogens is 335 g/mol. The van der Waals surface area contributed by atoms with Crippen LogP contribution in [-0.4, -0.2) is 21.0 Å². The van der Waals surface area contributed by atoms with Crippen LogP contribution in [0.2, 0.25) is 10.0 Å². The highest BCUT2D eigenvalue weighted by atomic mass is 35.5. The van der Waals surface area contributed by atoms with Crippen molar-refractivity contribution in [1.29, 1.82) is 0 Å². The zero-order valence-electron chi connectivity index (χ0n) is 12.1. The van der Waals surface area contributed by atoms with E-state index in [1.807, 2.05) is 24.3 Å². The monoisotopic (exact) mass is 348 g/mol. The van der Waals surface area contributed by atoms with Crippen LogP contribution in [0, 0.1) is 0 Å². The van der Waals surface area contributed by atoms with Gasteiger partial charge in [-0.2, -0.15) is 0 Å². The lowest BCUT2D eigenvalue weighted by Crippen LogP contribution is -2.10. The molecule has 0 aliphatic rings. The van der Waals surface area contributed by atoms with Crippen LogP contribution < -0.4 is 0 Å². The molecule has 0 fully saturated rings. The summed E-state index contributed by atoms with van der Waals surface area (Å²) >= 11 is 11.9. The second kappa shape index (κ2) is 6.60. The smallest absolute Gasteiger partial charge is 0.303 e. The number of fused-ring (bicyclic) bond motifs is 1. The number of rotatable bonds is 5. The normalized spacial score (nSPS) is 12.4. The largest absolute Gasteiger partial charge is 0.481 e. The van der Waals surface area contributed by atoms with E-state index < -0.39 is 5.97 Å². The van der Waals surface area contributed by atoms with Crippen molar-refractivity contribution in [2.75, 3.05) is 0 Å². The maximum atomic E-state index is 11.2. The van der Waals surface area contributed by atoms with Gasteiger partial charge in [-0.05, 0) is 35.9 Å². The first kappa shape index (κ1) is 15.8. The molecule has 1 heterocycles. The number of imidazole rings is 1. The van der Waals surface area contributed by atoms with Gasteiger partial charge in [0, 0.05) is 22.4 Å². The number of H-pyrrole nitrogens is 1. The van der Waals surface area contributed by atoms with Crippen molar-refractivity contribution >= 4 is 40.2 Å². The second-order valence-electron chi connectivity index (χ2n) is 5.40. The highest BCUT2D eigenvalue weighted by molar-refractivity contribution is 6.31. The fraction of sp³-hybridized carbons (Fsp3) is 0.176. The molecule has 1 atom stereocenters. The first-order valence-corrected chi connectivity index (χ1v) is 7.88. The molecule has 1 aromatic heterocycles. The lowest BCUT2D eigenvalue weighted by Gasteiger charge is -2.14. The average Bonchev–Trinajstić information content (AvgIpc) is 2.88. The van der Waals surface area contributed by atoms with E-state index in [1.165, 1.54) is 0 Å². The van der Waals surface area contributed by atoms with E-state index >= 15 is 0 Å². The Hall–Kier alpha value is -2.04. The van der Waals surface area contributed by atoms with E-state index in [9.17, 15) is 9.90 Å². The maximum Gasteiger partial charge on any atom is 0.303 e. The summed E-state index contributed by atoms with van der Waals surface area (Å²) in [5.74, 6) is -0.284. The summed E-state index contributed by atoms with van der Waals surface area (Å²) in [6.45, 7) is 0. The molecule has 0 amide bonds. The number of halogens is 2. The molecule has 0 saturated carbocycles.